The van der Waals surface area contributed by atoms with Gasteiger partial charge < -0.3 is 9.47 Å². The number of hydrogen-bond donors (Lipinski definition) is 0. The molecule has 2 aromatic rings. The molecular weight excluding hydrogens is 300 g/mol. The van der Waals surface area contributed by atoms with Crippen LogP contribution in [0.4, 0.5) is 0 Å². The molecule has 0 N–H and O–H groups in total. The molecule has 4 heteroatoms. The Balaban J connectivity index is 1.87. The summed E-state index contributed by atoms with van der Waals surface area (Å²) < 4.78 is 10.4. The molecule has 124 valence electrons. The van der Waals surface area contributed by atoms with Gasteiger partial charge in [-0.3, -0.25) is 0 Å². The highest BCUT2D eigenvalue weighted by molar-refractivity contribution is 6.04. The first-order valence-corrected chi connectivity index (χ1v) is 8.22. The zero-order valence-corrected chi connectivity index (χ0v) is 14.2. The van der Waals surface area contributed by atoms with E-state index in [1.807, 2.05) is 48.5 Å². The number of methoxy groups -OCH3 is 2. The summed E-state index contributed by atoms with van der Waals surface area (Å²) in [6.45, 7) is 0. The number of hydrogen-bond acceptors (Lipinski definition) is 4. The Morgan fingerprint density at radius 3 is 1.33 bits per heavy atom. The summed E-state index contributed by atoms with van der Waals surface area (Å²) in [7, 11) is 3.35. The molecular formula is C20H22N2O2. The number of ether oxygens (including phenoxy) is 2. The summed E-state index contributed by atoms with van der Waals surface area (Å²) in [6, 6.07) is 16.0. The van der Waals surface area contributed by atoms with Crippen molar-refractivity contribution in [2.24, 2.45) is 10.2 Å². The lowest BCUT2D eigenvalue weighted by Gasteiger charge is -2.12. The fourth-order valence-electron chi connectivity index (χ4n) is 2.78. The third-order valence-corrected chi connectivity index (χ3v) is 4.22. The molecule has 2 aromatic carbocycles. The van der Waals surface area contributed by atoms with Crippen molar-refractivity contribution >= 4 is 11.4 Å². The molecule has 0 radical (unpaired) electrons. The topological polar surface area (TPSA) is 43.2 Å². The van der Waals surface area contributed by atoms with Crippen molar-refractivity contribution < 1.29 is 9.47 Å². The van der Waals surface area contributed by atoms with Crippen LogP contribution in [0.15, 0.2) is 58.7 Å². The maximum atomic E-state index is 5.22. The highest BCUT2D eigenvalue weighted by atomic mass is 16.5. The lowest BCUT2D eigenvalue weighted by atomic mass is 9.99. The lowest BCUT2D eigenvalue weighted by molar-refractivity contribution is 0.414. The van der Waals surface area contributed by atoms with Gasteiger partial charge in [-0.15, -0.1) is 0 Å². The van der Waals surface area contributed by atoms with Crippen LogP contribution in [-0.2, 0) is 0 Å². The molecule has 1 heterocycles. The zero-order chi connectivity index (χ0) is 16.8. The molecule has 0 atom stereocenters. The van der Waals surface area contributed by atoms with Crippen LogP contribution in [0.1, 0.15) is 36.8 Å². The van der Waals surface area contributed by atoms with Crippen molar-refractivity contribution in [1.29, 1.82) is 0 Å². The Morgan fingerprint density at radius 1 is 0.625 bits per heavy atom. The fraction of sp³-hybridized carbons (Fsp3) is 0.300. The number of rotatable bonds is 4. The Kier molecular flexibility index (Phi) is 5.26. The van der Waals surface area contributed by atoms with Crippen molar-refractivity contribution in [2.45, 2.75) is 25.7 Å². The molecule has 0 aliphatic carbocycles. The van der Waals surface area contributed by atoms with Gasteiger partial charge in [-0.1, -0.05) is 0 Å². The van der Waals surface area contributed by atoms with Crippen LogP contribution < -0.4 is 9.47 Å². The van der Waals surface area contributed by atoms with Gasteiger partial charge in [0, 0.05) is 0 Å². The summed E-state index contributed by atoms with van der Waals surface area (Å²) in [5.41, 5.74) is 4.28. The SMILES string of the molecule is COc1ccc(/C2=N/N=C(/c3ccc(OC)cc3)CCCC2)cc1. The fourth-order valence-corrected chi connectivity index (χ4v) is 2.78. The van der Waals surface area contributed by atoms with Gasteiger partial charge in [-0.2, -0.15) is 10.2 Å². The first kappa shape index (κ1) is 16.2. The van der Waals surface area contributed by atoms with Crippen LogP contribution in [0, 0.1) is 0 Å². The quantitative estimate of drug-likeness (QED) is 0.833. The largest absolute Gasteiger partial charge is 0.497 e. The van der Waals surface area contributed by atoms with Gasteiger partial charge in [0.05, 0.1) is 25.6 Å². The molecule has 0 saturated carbocycles. The highest BCUT2D eigenvalue weighted by Crippen LogP contribution is 2.20. The van der Waals surface area contributed by atoms with Crippen LogP contribution in [-0.4, -0.2) is 25.6 Å². The molecule has 0 unspecified atom stereocenters. The standard InChI is InChI=1S/C20H22N2O2/c1-23-17-11-7-15(8-12-17)19-5-3-4-6-20(22-21-19)16-9-13-18(24-2)14-10-16/h7-14H,3-6H2,1-2H3/b21-19+,22-20+. The van der Waals surface area contributed by atoms with Crippen LogP contribution in [0.25, 0.3) is 0 Å². The van der Waals surface area contributed by atoms with E-state index in [1.54, 1.807) is 14.2 Å². The van der Waals surface area contributed by atoms with Crippen molar-refractivity contribution in [3.63, 3.8) is 0 Å². The third-order valence-electron chi connectivity index (χ3n) is 4.22. The van der Waals surface area contributed by atoms with Crippen LogP contribution in [0.5, 0.6) is 11.5 Å². The van der Waals surface area contributed by atoms with Gasteiger partial charge in [-0.25, -0.2) is 0 Å². The third kappa shape index (κ3) is 3.82. The molecule has 1 aliphatic rings. The van der Waals surface area contributed by atoms with E-state index in [0.29, 0.717) is 0 Å². The van der Waals surface area contributed by atoms with E-state index >= 15 is 0 Å². The second-order valence-corrected chi connectivity index (χ2v) is 5.76. The molecule has 0 fully saturated rings. The molecule has 0 amide bonds. The smallest absolute Gasteiger partial charge is 0.118 e. The average molecular weight is 322 g/mol. The minimum atomic E-state index is 0.854. The normalized spacial score (nSPS) is 19.2. The molecule has 0 aromatic heterocycles. The number of nitrogens with zero attached hydrogens (tertiary/aromatic N) is 2. The Bertz CT molecular complexity index is 666. The van der Waals surface area contributed by atoms with E-state index in [4.69, 9.17) is 9.47 Å². The Labute approximate surface area is 142 Å². The average Bonchev–Trinajstić information content (AvgIpc) is 2.62. The van der Waals surface area contributed by atoms with E-state index in [1.165, 1.54) is 0 Å². The van der Waals surface area contributed by atoms with Gasteiger partial charge >= 0.3 is 0 Å². The molecule has 3 rings (SSSR count). The first-order valence-electron chi connectivity index (χ1n) is 8.22. The predicted octanol–water partition coefficient (Wildman–Crippen LogP) is 4.47. The summed E-state index contributed by atoms with van der Waals surface area (Å²) in [4.78, 5) is 0. The van der Waals surface area contributed by atoms with Gasteiger partial charge in [0.1, 0.15) is 11.5 Å². The molecule has 1 aliphatic heterocycles. The van der Waals surface area contributed by atoms with E-state index < -0.39 is 0 Å². The molecule has 0 bridgehead atoms. The predicted molar refractivity (Wildman–Crippen MR) is 97.5 cm³/mol. The molecule has 24 heavy (non-hydrogen) atoms. The van der Waals surface area contributed by atoms with Crippen molar-refractivity contribution in [1.82, 2.24) is 0 Å². The van der Waals surface area contributed by atoms with Crippen LogP contribution in [0.3, 0.4) is 0 Å². The molecule has 4 nitrogen and oxygen atoms in total. The summed E-state index contributed by atoms with van der Waals surface area (Å²) in [6.07, 6.45) is 4.12. The van der Waals surface area contributed by atoms with E-state index in [2.05, 4.69) is 10.2 Å². The second kappa shape index (κ2) is 7.77. The summed E-state index contributed by atoms with van der Waals surface area (Å²) in [5, 5.41) is 9.08. The van der Waals surface area contributed by atoms with E-state index in [0.717, 1.165) is 59.7 Å². The van der Waals surface area contributed by atoms with Gasteiger partial charge in [0.2, 0.25) is 0 Å². The lowest BCUT2D eigenvalue weighted by Crippen LogP contribution is -2.07. The van der Waals surface area contributed by atoms with Gasteiger partial charge in [-0.05, 0) is 85.3 Å². The first-order chi connectivity index (χ1) is 11.8. The molecule has 0 saturated heterocycles. The van der Waals surface area contributed by atoms with E-state index in [-0.39, 0.29) is 0 Å². The summed E-state index contributed by atoms with van der Waals surface area (Å²) >= 11 is 0. The Hall–Kier alpha value is -2.62. The molecule has 0 spiro atoms. The van der Waals surface area contributed by atoms with Gasteiger partial charge in [0.25, 0.3) is 0 Å². The zero-order valence-electron chi connectivity index (χ0n) is 14.2. The van der Waals surface area contributed by atoms with Gasteiger partial charge in [0.15, 0.2) is 0 Å². The van der Waals surface area contributed by atoms with Crippen molar-refractivity contribution in [3.8, 4) is 11.5 Å². The van der Waals surface area contributed by atoms with Crippen molar-refractivity contribution in [2.75, 3.05) is 14.2 Å². The minimum Gasteiger partial charge on any atom is -0.497 e. The highest BCUT2D eigenvalue weighted by Gasteiger charge is 2.10. The maximum Gasteiger partial charge on any atom is 0.118 e. The number of benzene rings is 2. The van der Waals surface area contributed by atoms with Crippen LogP contribution in [0.2, 0.25) is 0 Å². The minimum absolute atomic E-state index is 0.854. The van der Waals surface area contributed by atoms with Crippen molar-refractivity contribution in [3.05, 3.63) is 59.7 Å². The summed E-state index contributed by atoms with van der Waals surface area (Å²) in [5.74, 6) is 1.71. The monoisotopic (exact) mass is 322 g/mol. The Morgan fingerprint density at radius 2 is 1.00 bits per heavy atom. The van der Waals surface area contributed by atoms with Crippen LogP contribution >= 0.6 is 0 Å². The second-order valence-electron chi connectivity index (χ2n) is 5.76. The maximum absolute atomic E-state index is 5.22. The van der Waals surface area contributed by atoms with E-state index in [9.17, 15) is 0 Å².